The summed E-state index contributed by atoms with van der Waals surface area (Å²) in [5.74, 6) is 0.137. The van der Waals surface area contributed by atoms with Gasteiger partial charge in [0.2, 0.25) is 10.0 Å². The second-order valence-electron chi connectivity index (χ2n) is 3.21. The molecule has 2 aromatic rings. The zero-order valence-electron chi connectivity index (χ0n) is 8.12. The fraction of sp³-hybridized carbons (Fsp3) is 0. The first-order valence-corrected chi connectivity index (χ1v) is 6.81. The van der Waals surface area contributed by atoms with E-state index < -0.39 is 10.0 Å². The zero-order chi connectivity index (χ0) is 11.8. The lowest BCUT2D eigenvalue weighted by Crippen LogP contribution is -2.11. The molecule has 0 amide bonds. The topological polar surface area (TPSA) is 80.4 Å². The molecular formula is C10H9NO3S2. The molecule has 3 N–H and O–H groups in total. The highest BCUT2D eigenvalue weighted by molar-refractivity contribution is 7.89. The second-order valence-corrected chi connectivity index (χ2v) is 5.65. The predicted octanol–water partition coefficient (Wildman–Crippen LogP) is 1.77. The Labute approximate surface area is 97.0 Å². The molecule has 6 heteroatoms. The molecule has 0 spiro atoms. The van der Waals surface area contributed by atoms with Gasteiger partial charge < -0.3 is 5.11 Å². The van der Waals surface area contributed by atoms with E-state index in [1.165, 1.54) is 29.5 Å². The smallest absolute Gasteiger partial charge is 0.239 e. The molecule has 1 aromatic carbocycles. The molecule has 0 fully saturated rings. The van der Waals surface area contributed by atoms with E-state index >= 15 is 0 Å². The standard InChI is InChI=1S/C10H9NO3S2/c11-16(13,14)9-5-6-15-10(9)7-1-3-8(12)4-2-7/h1-6,12H,(H2,11,13,14). The van der Waals surface area contributed by atoms with E-state index in [4.69, 9.17) is 10.2 Å². The van der Waals surface area contributed by atoms with E-state index in [1.54, 1.807) is 17.5 Å². The molecule has 16 heavy (non-hydrogen) atoms. The van der Waals surface area contributed by atoms with Gasteiger partial charge in [-0.2, -0.15) is 0 Å². The van der Waals surface area contributed by atoms with E-state index in [0.29, 0.717) is 4.88 Å². The molecule has 0 unspecified atom stereocenters. The number of hydrogen-bond donors (Lipinski definition) is 2. The second kappa shape index (κ2) is 3.89. The van der Waals surface area contributed by atoms with E-state index in [0.717, 1.165) is 5.56 Å². The van der Waals surface area contributed by atoms with Gasteiger partial charge in [-0.05, 0) is 41.3 Å². The van der Waals surface area contributed by atoms with Gasteiger partial charge >= 0.3 is 0 Å². The Kier molecular flexibility index (Phi) is 2.71. The number of aromatic hydroxyl groups is 1. The van der Waals surface area contributed by atoms with Crippen molar-refractivity contribution < 1.29 is 13.5 Å². The van der Waals surface area contributed by atoms with Crippen LogP contribution in [-0.4, -0.2) is 13.5 Å². The van der Waals surface area contributed by atoms with Crippen LogP contribution >= 0.6 is 11.3 Å². The lowest BCUT2D eigenvalue weighted by atomic mass is 10.2. The summed E-state index contributed by atoms with van der Waals surface area (Å²) in [5, 5.41) is 15.9. The fourth-order valence-corrected chi connectivity index (χ4v) is 3.35. The van der Waals surface area contributed by atoms with Gasteiger partial charge in [0.1, 0.15) is 10.6 Å². The molecule has 1 heterocycles. The van der Waals surface area contributed by atoms with Crippen molar-refractivity contribution in [1.82, 2.24) is 0 Å². The number of phenols is 1. The van der Waals surface area contributed by atoms with Crippen LogP contribution in [0, 0.1) is 0 Å². The van der Waals surface area contributed by atoms with Crippen molar-refractivity contribution in [3.63, 3.8) is 0 Å². The van der Waals surface area contributed by atoms with E-state index in [1.807, 2.05) is 0 Å². The predicted molar refractivity (Wildman–Crippen MR) is 62.8 cm³/mol. The first-order chi connectivity index (χ1) is 7.48. The molecular weight excluding hydrogens is 246 g/mol. The Morgan fingerprint density at radius 1 is 1.12 bits per heavy atom. The molecule has 1 aromatic heterocycles. The van der Waals surface area contributed by atoms with Gasteiger partial charge in [-0.1, -0.05) is 0 Å². The number of rotatable bonds is 2. The van der Waals surface area contributed by atoms with Crippen molar-refractivity contribution in [3.05, 3.63) is 35.7 Å². The average Bonchev–Trinajstić information content (AvgIpc) is 2.66. The molecule has 2 rings (SSSR count). The van der Waals surface area contributed by atoms with Crippen molar-refractivity contribution in [3.8, 4) is 16.2 Å². The molecule has 0 aliphatic carbocycles. The Bertz CT molecular complexity index is 599. The van der Waals surface area contributed by atoms with E-state index in [9.17, 15) is 8.42 Å². The number of thiophene rings is 1. The summed E-state index contributed by atoms with van der Waals surface area (Å²) >= 11 is 1.29. The highest BCUT2D eigenvalue weighted by Crippen LogP contribution is 2.32. The summed E-state index contributed by atoms with van der Waals surface area (Å²) in [6.07, 6.45) is 0. The van der Waals surface area contributed by atoms with Gasteiger partial charge in [-0.3, -0.25) is 0 Å². The van der Waals surface area contributed by atoms with Gasteiger partial charge in [0, 0.05) is 0 Å². The Hall–Kier alpha value is -1.37. The minimum Gasteiger partial charge on any atom is -0.508 e. The largest absolute Gasteiger partial charge is 0.508 e. The third-order valence-corrected chi connectivity index (χ3v) is 4.11. The lowest BCUT2D eigenvalue weighted by molar-refractivity contribution is 0.475. The maximum atomic E-state index is 11.3. The Balaban J connectivity index is 2.58. The van der Waals surface area contributed by atoms with E-state index in [2.05, 4.69) is 0 Å². The van der Waals surface area contributed by atoms with Crippen LogP contribution in [0.3, 0.4) is 0 Å². The molecule has 84 valence electrons. The van der Waals surface area contributed by atoms with Crippen LogP contribution in [0.1, 0.15) is 0 Å². The maximum absolute atomic E-state index is 11.3. The van der Waals surface area contributed by atoms with Crippen molar-refractivity contribution in [2.24, 2.45) is 5.14 Å². The summed E-state index contributed by atoms with van der Waals surface area (Å²) in [6, 6.07) is 7.78. The van der Waals surface area contributed by atoms with Crippen molar-refractivity contribution in [2.45, 2.75) is 4.90 Å². The number of primary sulfonamides is 1. The first-order valence-electron chi connectivity index (χ1n) is 4.38. The summed E-state index contributed by atoms with van der Waals surface area (Å²) in [5.41, 5.74) is 0.719. The zero-order valence-corrected chi connectivity index (χ0v) is 9.75. The lowest BCUT2D eigenvalue weighted by Gasteiger charge is -2.01. The summed E-state index contributed by atoms with van der Waals surface area (Å²) in [4.78, 5) is 0.700. The van der Waals surface area contributed by atoms with Gasteiger partial charge in [0.05, 0.1) is 4.88 Å². The van der Waals surface area contributed by atoms with Crippen LogP contribution in [0.2, 0.25) is 0 Å². The number of sulfonamides is 1. The maximum Gasteiger partial charge on any atom is 0.239 e. The Morgan fingerprint density at radius 2 is 1.75 bits per heavy atom. The minimum atomic E-state index is -3.70. The SMILES string of the molecule is NS(=O)(=O)c1ccsc1-c1ccc(O)cc1. The van der Waals surface area contributed by atoms with Crippen LogP contribution < -0.4 is 5.14 Å². The Morgan fingerprint density at radius 3 is 2.31 bits per heavy atom. The molecule has 4 nitrogen and oxygen atoms in total. The monoisotopic (exact) mass is 255 g/mol. The average molecular weight is 255 g/mol. The van der Waals surface area contributed by atoms with Gasteiger partial charge in [0.25, 0.3) is 0 Å². The van der Waals surface area contributed by atoms with Crippen molar-refractivity contribution >= 4 is 21.4 Å². The molecule has 0 aliphatic rings. The third kappa shape index (κ3) is 2.08. The summed E-state index contributed by atoms with van der Waals surface area (Å²) in [7, 11) is -3.70. The highest BCUT2D eigenvalue weighted by atomic mass is 32.2. The van der Waals surface area contributed by atoms with Crippen LogP contribution in [0.25, 0.3) is 10.4 Å². The summed E-state index contributed by atoms with van der Waals surface area (Å²) in [6.45, 7) is 0. The third-order valence-electron chi connectivity index (χ3n) is 2.07. The normalized spacial score (nSPS) is 11.6. The number of nitrogens with two attached hydrogens (primary N) is 1. The van der Waals surface area contributed by atoms with Crippen molar-refractivity contribution in [1.29, 1.82) is 0 Å². The van der Waals surface area contributed by atoms with E-state index in [-0.39, 0.29) is 10.6 Å². The number of phenolic OH excluding ortho intramolecular Hbond substituents is 1. The molecule has 0 saturated heterocycles. The summed E-state index contributed by atoms with van der Waals surface area (Å²) < 4.78 is 22.6. The minimum absolute atomic E-state index is 0.114. The van der Waals surface area contributed by atoms with Crippen LogP contribution in [0.5, 0.6) is 5.75 Å². The molecule has 0 aliphatic heterocycles. The molecule has 0 radical (unpaired) electrons. The molecule has 0 bridgehead atoms. The highest BCUT2D eigenvalue weighted by Gasteiger charge is 2.16. The number of hydrogen-bond acceptors (Lipinski definition) is 4. The number of benzene rings is 1. The van der Waals surface area contributed by atoms with Gasteiger partial charge in [-0.25, -0.2) is 13.6 Å². The van der Waals surface area contributed by atoms with Crippen LogP contribution in [0.4, 0.5) is 0 Å². The molecule has 0 atom stereocenters. The fourth-order valence-electron chi connectivity index (χ4n) is 1.34. The van der Waals surface area contributed by atoms with Crippen LogP contribution in [0.15, 0.2) is 40.6 Å². The first kappa shape index (κ1) is 11.1. The van der Waals surface area contributed by atoms with Gasteiger partial charge in [0.15, 0.2) is 0 Å². The van der Waals surface area contributed by atoms with Gasteiger partial charge in [-0.15, -0.1) is 11.3 Å². The quantitative estimate of drug-likeness (QED) is 0.858. The molecule has 0 saturated carbocycles. The van der Waals surface area contributed by atoms with Crippen molar-refractivity contribution in [2.75, 3.05) is 0 Å². The van der Waals surface area contributed by atoms with Crippen LogP contribution in [-0.2, 0) is 10.0 Å².